The molecule has 110 valence electrons. The summed E-state index contributed by atoms with van der Waals surface area (Å²) in [6, 6.07) is 0.990. The van der Waals surface area contributed by atoms with Crippen LogP contribution in [0.3, 0.4) is 0 Å². The zero-order valence-corrected chi connectivity index (χ0v) is 12.9. The number of hydrogen-bond acceptors (Lipinski definition) is 4. The van der Waals surface area contributed by atoms with Crippen LogP contribution in [-0.4, -0.2) is 64.1 Å². The van der Waals surface area contributed by atoms with Gasteiger partial charge in [-0.15, -0.1) is 0 Å². The average molecular weight is 260 g/mol. The van der Waals surface area contributed by atoms with Gasteiger partial charge in [-0.25, -0.2) is 0 Å². The lowest BCUT2D eigenvalue weighted by Gasteiger charge is -2.32. The fourth-order valence-corrected chi connectivity index (χ4v) is 2.02. The van der Waals surface area contributed by atoms with Gasteiger partial charge in [-0.2, -0.15) is 0 Å². The van der Waals surface area contributed by atoms with Crippen molar-refractivity contribution in [3.05, 3.63) is 0 Å². The first-order valence-electron chi connectivity index (χ1n) is 7.14. The first-order chi connectivity index (χ1) is 8.69. The minimum atomic E-state index is 0.433. The molecule has 0 spiro atoms. The molecule has 0 saturated carbocycles. The molecule has 0 amide bonds. The Morgan fingerprint density at radius 1 is 1.17 bits per heavy atom. The Morgan fingerprint density at radius 3 is 2.39 bits per heavy atom. The Balaban J connectivity index is 4.24. The quantitative estimate of drug-likeness (QED) is 0.579. The molecule has 1 N–H and O–H groups in total. The SMILES string of the molecule is CCCNC(CC)CN(CCOC)C(C)COC. The number of methoxy groups -OCH3 is 2. The van der Waals surface area contributed by atoms with Crippen LogP contribution in [0.4, 0.5) is 0 Å². The van der Waals surface area contributed by atoms with Crippen LogP contribution in [0.2, 0.25) is 0 Å². The van der Waals surface area contributed by atoms with Crippen LogP contribution in [0.5, 0.6) is 0 Å². The van der Waals surface area contributed by atoms with E-state index in [1.54, 1.807) is 14.2 Å². The summed E-state index contributed by atoms with van der Waals surface area (Å²) in [5.41, 5.74) is 0. The van der Waals surface area contributed by atoms with Gasteiger partial charge < -0.3 is 14.8 Å². The van der Waals surface area contributed by atoms with Crippen molar-refractivity contribution in [3.8, 4) is 0 Å². The summed E-state index contributed by atoms with van der Waals surface area (Å²) < 4.78 is 10.5. The van der Waals surface area contributed by atoms with E-state index >= 15 is 0 Å². The zero-order chi connectivity index (χ0) is 13.8. The van der Waals surface area contributed by atoms with Gasteiger partial charge in [-0.05, 0) is 26.3 Å². The second-order valence-corrected chi connectivity index (χ2v) is 4.85. The van der Waals surface area contributed by atoms with E-state index in [9.17, 15) is 0 Å². The standard InChI is InChI=1S/C14H32N2O2/c1-6-8-15-14(7-2)11-16(9-10-17-4)13(3)12-18-5/h13-15H,6-12H2,1-5H3. The largest absolute Gasteiger partial charge is 0.383 e. The Hall–Kier alpha value is -0.160. The average Bonchev–Trinajstić information content (AvgIpc) is 2.38. The molecule has 0 bridgehead atoms. The minimum absolute atomic E-state index is 0.433. The summed E-state index contributed by atoms with van der Waals surface area (Å²) in [6.45, 7) is 11.3. The zero-order valence-electron chi connectivity index (χ0n) is 12.9. The lowest BCUT2D eigenvalue weighted by molar-refractivity contribution is 0.0684. The van der Waals surface area contributed by atoms with Gasteiger partial charge in [0, 0.05) is 39.4 Å². The number of rotatable bonds is 12. The molecule has 4 nitrogen and oxygen atoms in total. The fourth-order valence-electron chi connectivity index (χ4n) is 2.02. The molecule has 0 aliphatic carbocycles. The molecule has 18 heavy (non-hydrogen) atoms. The third-order valence-corrected chi connectivity index (χ3v) is 3.24. The molecule has 0 aliphatic rings. The predicted molar refractivity (Wildman–Crippen MR) is 77.2 cm³/mol. The van der Waals surface area contributed by atoms with Gasteiger partial charge in [0.1, 0.15) is 0 Å². The van der Waals surface area contributed by atoms with Crippen LogP contribution >= 0.6 is 0 Å². The van der Waals surface area contributed by atoms with E-state index in [4.69, 9.17) is 9.47 Å². The number of nitrogens with zero attached hydrogens (tertiary/aromatic N) is 1. The molecule has 0 rings (SSSR count). The molecule has 2 unspecified atom stereocenters. The fraction of sp³-hybridized carbons (Fsp3) is 1.00. The Labute approximate surface area is 113 Å². The van der Waals surface area contributed by atoms with Gasteiger partial charge in [-0.1, -0.05) is 13.8 Å². The Kier molecular flexibility index (Phi) is 11.8. The van der Waals surface area contributed by atoms with E-state index < -0.39 is 0 Å². The van der Waals surface area contributed by atoms with Crippen LogP contribution in [-0.2, 0) is 9.47 Å². The molecule has 0 saturated heterocycles. The maximum Gasteiger partial charge on any atom is 0.0615 e. The molecule has 0 fully saturated rings. The highest BCUT2D eigenvalue weighted by Crippen LogP contribution is 2.04. The van der Waals surface area contributed by atoms with Crippen molar-refractivity contribution < 1.29 is 9.47 Å². The summed E-state index contributed by atoms with van der Waals surface area (Å²) in [4.78, 5) is 2.45. The second kappa shape index (κ2) is 11.9. The molecule has 4 heteroatoms. The summed E-state index contributed by atoms with van der Waals surface area (Å²) in [5, 5.41) is 3.60. The third-order valence-electron chi connectivity index (χ3n) is 3.24. The van der Waals surface area contributed by atoms with E-state index in [0.29, 0.717) is 12.1 Å². The first kappa shape index (κ1) is 17.8. The van der Waals surface area contributed by atoms with E-state index in [1.165, 1.54) is 6.42 Å². The number of hydrogen-bond donors (Lipinski definition) is 1. The van der Waals surface area contributed by atoms with Crippen molar-refractivity contribution in [2.75, 3.05) is 47.1 Å². The van der Waals surface area contributed by atoms with Crippen molar-refractivity contribution in [2.45, 2.75) is 45.7 Å². The first-order valence-corrected chi connectivity index (χ1v) is 7.14. The van der Waals surface area contributed by atoms with Gasteiger partial charge >= 0.3 is 0 Å². The highest BCUT2D eigenvalue weighted by molar-refractivity contribution is 4.75. The van der Waals surface area contributed by atoms with Crippen molar-refractivity contribution in [3.63, 3.8) is 0 Å². The van der Waals surface area contributed by atoms with Gasteiger partial charge in [0.2, 0.25) is 0 Å². The number of nitrogens with one attached hydrogen (secondary N) is 1. The summed E-state index contributed by atoms with van der Waals surface area (Å²) >= 11 is 0. The predicted octanol–water partition coefficient (Wildman–Crippen LogP) is 1.75. The van der Waals surface area contributed by atoms with E-state index in [-0.39, 0.29) is 0 Å². The smallest absolute Gasteiger partial charge is 0.0615 e. The summed E-state index contributed by atoms with van der Waals surface area (Å²) in [5.74, 6) is 0. The van der Waals surface area contributed by atoms with Gasteiger partial charge in [0.15, 0.2) is 0 Å². The van der Waals surface area contributed by atoms with Crippen LogP contribution in [0, 0.1) is 0 Å². The minimum Gasteiger partial charge on any atom is -0.383 e. The van der Waals surface area contributed by atoms with Crippen LogP contribution < -0.4 is 5.32 Å². The van der Waals surface area contributed by atoms with E-state index in [1.807, 2.05) is 0 Å². The monoisotopic (exact) mass is 260 g/mol. The van der Waals surface area contributed by atoms with Gasteiger partial charge in [0.25, 0.3) is 0 Å². The Morgan fingerprint density at radius 2 is 1.89 bits per heavy atom. The van der Waals surface area contributed by atoms with Crippen LogP contribution in [0.15, 0.2) is 0 Å². The van der Waals surface area contributed by atoms with Crippen molar-refractivity contribution in [1.82, 2.24) is 10.2 Å². The maximum atomic E-state index is 5.26. The third kappa shape index (κ3) is 8.03. The summed E-state index contributed by atoms with van der Waals surface area (Å²) in [6.07, 6.45) is 2.34. The molecule has 0 aromatic heterocycles. The molecular weight excluding hydrogens is 228 g/mol. The lowest BCUT2D eigenvalue weighted by atomic mass is 10.1. The molecule has 0 radical (unpaired) electrons. The highest BCUT2D eigenvalue weighted by atomic mass is 16.5. The molecular formula is C14H32N2O2. The van der Waals surface area contributed by atoms with Crippen molar-refractivity contribution >= 4 is 0 Å². The maximum absolute atomic E-state index is 5.26. The van der Waals surface area contributed by atoms with E-state index in [2.05, 4.69) is 31.0 Å². The molecule has 0 aliphatic heterocycles. The van der Waals surface area contributed by atoms with Gasteiger partial charge in [0.05, 0.1) is 13.2 Å². The molecule has 2 atom stereocenters. The molecule has 0 aromatic rings. The van der Waals surface area contributed by atoms with Gasteiger partial charge in [-0.3, -0.25) is 4.90 Å². The molecule has 0 heterocycles. The van der Waals surface area contributed by atoms with Crippen molar-refractivity contribution in [2.24, 2.45) is 0 Å². The number of ether oxygens (including phenoxy) is 2. The second-order valence-electron chi connectivity index (χ2n) is 4.85. The van der Waals surface area contributed by atoms with Crippen molar-refractivity contribution in [1.29, 1.82) is 0 Å². The topological polar surface area (TPSA) is 33.7 Å². The normalized spacial score (nSPS) is 15.0. The highest BCUT2D eigenvalue weighted by Gasteiger charge is 2.17. The van der Waals surface area contributed by atoms with E-state index in [0.717, 1.165) is 39.3 Å². The Bertz CT molecular complexity index is 179. The van der Waals surface area contributed by atoms with Crippen LogP contribution in [0.25, 0.3) is 0 Å². The lowest BCUT2D eigenvalue weighted by Crippen LogP contribution is -2.47. The summed E-state index contributed by atoms with van der Waals surface area (Å²) in [7, 11) is 3.52. The van der Waals surface area contributed by atoms with Crippen LogP contribution in [0.1, 0.15) is 33.6 Å². The molecule has 0 aromatic carbocycles.